The first-order valence-electron chi connectivity index (χ1n) is 7.49. The van der Waals surface area contributed by atoms with Crippen molar-refractivity contribution in [3.8, 4) is 5.75 Å². The zero-order valence-electron chi connectivity index (χ0n) is 13.0. The normalized spacial score (nSPS) is 10.3. The van der Waals surface area contributed by atoms with Gasteiger partial charge in [-0.2, -0.15) is 0 Å². The molecular formula is C18H22N2O2. The Morgan fingerprint density at radius 3 is 2.45 bits per heavy atom. The first-order valence-corrected chi connectivity index (χ1v) is 7.49. The molecule has 0 atom stereocenters. The van der Waals surface area contributed by atoms with Crippen LogP contribution in [-0.4, -0.2) is 18.6 Å². The van der Waals surface area contributed by atoms with E-state index < -0.39 is 0 Å². The van der Waals surface area contributed by atoms with Gasteiger partial charge >= 0.3 is 0 Å². The number of carbonyl (C=O) groups excluding carboxylic acids is 1. The molecule has 116 valence electrons. The number of carbonyl (C=O) groups is 1. The molecule has 0 saturated carbocycles. The first kappa shape index (κ1) is 15.9. The molecule has 4 nitrogen and oxygen atoms in total. The summed E-state index contributed by atoms with van der Waals surface area (Å²) >= 11 is 0. The van der Waals surface area contributed by atoms with E-state index in [-0.39, 0.29) is 12.0 Å². The highest BCUT2D eigenvalue weighted by Gasteiger charge is 2.08. The molecule has 2 aromatic carbocycles. The molecule has 0 aliphatic heterocycles. The Labute approximate surface area is 131 Å². The summed E-state index contributed by atoms with van der Waals surface area (Å²) in [5.74, 6) is 0.658. The van der Waals surface area contributed by atoms with Gasteiger partial charge in [-0.3, -0.25) is 4.79 Å². The van der Waals surface area contributed by atoms with Crippen molar-refractivity contribution in [2.45, 2.75) is 26.4 Å². The number of hydrogen-bond donors (Lipinski definition) is 2. The van der Waals surface area contributed by atoms with Crippen molar-refractivity contribution in [2.75, 3.05) is 17.2 Å². The Balaban J connectivity index is 1.84. The van der Waals surface area contributed by atoms with Crippen molar-refractivity contribution in [3.63, 3.8) is 0 Å². The van der Waals surface area contributed by atoms with E-state index in [1.54, 1.807) is 0 Å². The van der Waals surface area contributed by atoms with Gasteiger partial charge in [0.15, 0.2) is 0 Å². The number of amides is 1. The highest BCUT2D eigenvalue weighted by Crippen LogP contribution is 2.24. The molecule has 4 heteroatoms. The Morgan fingerprint density at radius 2 is 1.73 bits per heavy atom. The van der Waals surface area contributed by atoms with E-state index in [2.05, 4.69) is 10.6 Å². The molecule has 2 N–H and O–H groups in total. The lowest BCUT2D eigenvalue weighted by Crippen LogP contribution is -2.17. The standard InChI is InChI=1S/C18H22N2O2/c1-14(2)22-17-11-7-6-10-16(17)20-18(21)12-13-19-15-8-4-3-5-9-15/h3-11,14,19H,12-13H2,1-2H3,(H,20,21). The minimum absolute atomic E-state index is 0.0387. The van der Waals surface area contributed by atoms with Crippen molar-refractivity contribution in [2.24, 2.45) is 0 Å². The molecule has 2 rings (SSSR count). The third-order valence-corrected chi connectivity index (χ3v) is 2.98. The van der Waals surface area contributed by atoms with Crippen LogP contribution in [0, 0.1) is 0 Å². The largest absolute Gasteiger partial charge is 0.489 e. The van der Waals surface area contributed by atoms with Crippen LogP contribution in [0.4, 0.5) is 11.4 Å². The van der Waals surface area contributed by atoms with Crippen LogP contribution in [-0.2, 0) is 4.79 Å². The molecule has 22 heavy (non-hydrogen) atoms. The molecule has 0 unspecified atom stereocenters. The van der Waals surface area contributed by atoms with Crippen LogP contribution in [0.1, 0.15) is 20.3 Å². The molecule has 0 bridgehead atoms. The molecule has 0 fully saturated rings. The summed E-state index contributed by atoms with van der Waals surface area (Å²) in [6.45, 7) is 4.51. The number of benzene rings is 2. The van der Waals surface area contributed by atoms with Crippen molar-refractivity contribution in [1.82, 2.24) is 0 Å². The number of nitrogens with one attached hydrogen (secondary N) is 2. The quantitative estimate of drug-likeness (QED) is 0.814. The fraction of sp³-hybridized carbons (Fsp3) is 0.278. The second kappa shape index (κ2) is 8.08. The van der Waals surface area contributed by atoms with Gasteiger partial charge in [0, 0.05) is 18.7 Å². The fourth-order valence-corrected chi connectivity index (χ4v) is 2.02. The third kappa shape index (κ3) is 5.13. The van der Waals surface area contributed by atoms with Gasteiger partial charge in [-0.25, -0.2) is 0 Å². The summed E-state index contributed by atoms with van der Waals surface area (Å²) < 4.78 is 5.69. The Hall–Kier alpha value is -2.49. The van der Waals surface area contributed by atoms with Gasteiger partial charge in [0.2, 0.25) is 5.91 Å². The van der Waals surface area contributed by atoms with E-state index in [4.69, 9.17) is 4.74 Å². The lowest BCUT2D eigenvalue weighted by molar-refractivity contribution is -0.116. The van der Waals surface area contributed by atoms with Crippen LogP contribution in [0.25, 0.3) is 0 Å². The van der Waals surface area contributed by atoms with Crippen LogP contribution in [0.15, 0.2) is 54.6 Å². The zero-order valence-corrected chi connectivity index (χ0v) is 13.0. The van der Waals surface area contributed by atoms with E-state index in [1.807, 2.05) is 68.4 Å². The summed E-state index contributed by atoms with van der Waals surface area (Å²) in [4.78, 5) is 12.0. The lowest BCUT2D eigenvalue weighted by atomic mass is 10.2. The lowest BCUT2D eigenvalue weighted by Gasteiger charge is -2.15. The minimum atomic E-state index is -0.0387. The average molecular weight is 298 g/mol. The van der Waals surface area contributed by atoms with E-state index >= 15 is 0 Å². The zero-order chi connectivity index (χ0) is 15.8. The molecule has 0 aliphatic carbocycles. The van der Waals surface area contributed by atoms with Gasteiger partial charge in [0.1, 0.15) is 5.75 Å². The van der Waals surface area contributed by atoms with E-state index in [9.17, 15) is 4.79 Å². The van der Waals surface area contributed by atoms with Gasteiger partial charge in [0.05, 0.1) is 11.8 Å². The molecule has 0 spiro atoms. The summed E-state index contributed by atoms with van der Waals surface area (Å²) in [5.41, 5.74) is 1.72. The molecule has 0 heterocycles. The molecule has 1 amide bonds. The van der Waals surface area contributed by atoms with Gasteiger partial charge in [0.25, 0.3) is 0 Å². The number of hydrogen-bond acceptors (Lipinski definition) is 3. The molecule has 0 radical (unpaired) electrons. The molecular weight excluding hydrogens is 276 g/mol. The van der Waals surface area contributed by atoms with E-state index in [0.29, 0.717) is 24.4 Å². The summed E-state index contributed by atoms with van der Waals surface area (Å²) in [7, 11) is 0. The third-order valence-electron chi connectivity index (χ3n) is 2.98. The van der Waals surface area contributed by atoms with Gasteiger partial charge in [-0.1, -0.05) is 30.3 Å². The van der Waals surface area contributed by atoms with Crippen LogP contribution >= 0.6 is 0 Å². The highest BCUT2D eigenvalue weighted by molar-refractivity contribution is 5.92. The van der Waals surface area contributed by atoms with Gasteiger partial charge < -0.3 is 15.4 Å². The number of ether oxygens (including phenoxy) is 1. The second-order valence-electron chi connectivity index (χ2n) is 5.25. The summed E-state index contributed by atoms with van der Waals surface area (Å²) in [6.07, 6.45) is 0.461. The molecule has 2 aromatic rings. The maximum absolute atomic E-state index is 12.0. The number of rotatable bonds is 7. The molecule has 0 aliphatic rings. The van der Waals surface area contributed by atoms with Crippen LogP contribution in [0.3, 0.4) is 0 Å². The predicted molar refractivity (Wildman–Crippen MR) is 90.4 cm³/mol. The minimum Gasteiger partial charge on any atom is -0.489 e. The molecule has 0 aromatic heterocycles. The maximum Gasteiger partial charge on any atom is 0.226 e. The van der Waals surface area contributed by atoms with Crippen molar-refractivity contribution in [1.29, 1.82) is 0 Å². The molecule has 0 saturated heterocycles. The predicted octanol–water partition coefficient (Wildman–Crippen LogP) is 3.91. The summed E-state index contributed by atoms with van der Waals surface area (Å²) in [5, 5.41) is 6.11. The monoisotopic (exact) mass is 298 g/mol. The maximum atomic E-state index is 12.0. The van der Waals surface area contributed by atoms with Crippen LogP contribution < -0.4 is 15.4 Å². The Kier molecular flexibility index (Phi) is 5.83. The van der Waals surface area contributed by atoms with Crippen LogP contribution in [0.2, 0.25) is 0 Å². The average Bonchev–Trinajstić information content (AvgIpc) is 2.50. The van der Waals surface area contributed by atoms with Crippen molar-refractivity contribution >= 4 is 17.3 Å². The second-order valence-corrected chi connectivity index (χ2v) is 5.25. The van der Waals surface area contributed by atoms with Crippen molar-refractivity contribution in [3.05, 3.63) is 54.6 Å². The number of anilines is 2. The first-order chi connectivity index (χ1) is 10.6. The fourth-order valence-electron chi connectivity index (χ4n) is 2.02. The van der Waals surface area contributed by atoms with Crippen LogP contribution in [0.5, 0.6) is 5.75 Å². The Bertz CT molecular complexity index is 597. The highest BCUT2D eigenvalue weighted by atomic mass is 16.5. The smallest absolute Gasteiger partial charge is 0.226 e. The summed E-state index contributed by atoms with van der Waals surface area (Å²) in [6, 6.07) is 17.3. The van der Waals surface area contributed by atoms with Gasteiger partial charge in [-0.15, -0.1) is 0 Å². The van der Waals surface area contributed by atoms with Gasteiger partial charge in [-0.05, 0) is 38.1 Å². The Morgan fingerprint density at radius 1 is 1.05 bits per heavy atom. The number of para-hydroxylation sites is 3. The topological polar surface area (TPSA) is 50.4 Å². The SMILES string of the molecule is CC(C)Oc1ccccc1NC(=O)CCNc1ccccc1. The van der Waals surface area contributed by atoms with E-state index in [0.717, 1.165) is 5.69 Å². The van der Waals surface area contributed by atoms with Crippen molar-refractivity contribution < 1.29 is 9.53 Å². The van der Waals surface area contributed by atoms with E-state index in [1.165, 1.54) is 0 Å².